The minimum absolute atomic E-state index is 0.105. The number of nitrogens with zero attached hydrogens (tertiary/aromatic N) is 1. The molecule has 8 nitrogen and oxygen atoms in total. The summed E-state index contributed by atoms with van der Waals surface area (Å²) in [6, 6.07) is 2.81. The molecule has 0 bridgehead atoms. The molecule has 0 aromatic heterocycles. The molecule has 10 heteroatoms. The highest BCUT2D eigenvalue weighted by molar-refractivity contribution is 6.60. The van der Waals surface area contributed by atoms with Gasteiger partial charge >= 0.3 is 5.97 Å². The summed E-state index contributed by atoms with van der Waals surface area (Å²) in [7, 11) is 5.45. The maximum atomic E-state index is 14.9. The van der Waals surface area contributed by atoms with Crippen molar-refractivity contribution in [1.82, 2.24) is 0 Å². The number of amides is 1. The van der Waals surface area contributed by atoms with Crippen molar-refractivity contribution in [3.05, 3.63) is 41.2 Å². The van der Waals surface area contributed by atoms with Gasteiger partial charge in [0.2, 0.25) is 7.85 Å². The lowest BCUT2D eigenvalue weighted by Crippen LogP contribution is -2.36. The van der Waals surface area contributed by atoms with E-state index in [0.29, 0.717) is 11.3 Å². The van der Waals surface area contributed by atoms with Crippen molar-refractivity contribution in [3.63, 3.8) is 0 Å². The maximum absolute atomic E-state index is 14.9. The van der Waals surface area contributed by atoms with Gasteiger partial charge in [0.1, 0.15) is 35.5 Å². The van der Waals surface area contributed by atoms with E-state index in [2.05, 4.69) is 0 Å². The number of benzene rings is 1. The van der Waals surface area contributed by atoms with E-state index in [-0.39, 0.29) is 18.5 Å². The molecular weight excluding hydrogens is 456 g/mol. The van der Waals surface area contributed by atoms with Crippen LogP contribution in [-0.4, -0.2) is 66.6 Å². The van der Waals surface area contributed by atoms with Crippen LogP contribution in [0.3, 0.4) is 0 Å². The summed E-state index contributed by atoms with van der Waals surface area (Å²) in [5.74, 6) is -4.38. The number of ether oxygens (including phenoxy) is 3. The quantitative estimate of drug-likeness (QED) is 0.483. The molecule has 1 amide bonds. The summed E-state index contributed by atoms with van der Waals surface area (Å²) in [5, 5.41) is 21.4. The van der Waals surface area contributed by atoms with Gasteiger partial charge in [-0.05, 0) is 51.8 Å². The molecule has 1 fully saturated rings. The van der Waals surface area contributed by atoms with E-state index >= 15 is 0 Å². The molecule has 0 saturated carbocycles. The summed E-state index contributed by atoms with van der Waals surface area (Å²) in [5.41, 5.74) is 0.487. The Morgan fingerprint density at radius 1 is 1.29 bits per heavy atom. The average molecular weight is 487 g/mol. The topological polar surface area (TPSA) is 106 Å². The van der Waals surface area contributed by atoms with Crippen molar-refractivity contribution in [2.24, 2.45) is 5.92 Å². The Hall–Kier alpha value is -2.69. The van der Waals surface area contributed by atoms with Crippen LogP contribution in [0.25, 0.3) is 6.08 Å². The molecule has 2 heterocycles. The first-order valence-electron chi connectivity index (χ1n) is 11.6. The van der Waals surface area contributed by atoms with Gasteiger partial charge in [-0.3, -0.25) is 4.79 Å². The second-order valence-corrected chi connectivity index (χ2v) is 9.25. The molecule has 1 aromatic carbocycles. The third kappa shape index (κ3) is 5.94. The zero-order chi connectivity index (χ0) is 26.1. The van der Waals surface area contributed by atoms with Crippen LogP contribution >= 0.6 is 0 Å². The van der Waals surface area contributed by atoms with Crippen LogP contribution in [0.2, 0.25) is 0 Å². The third-order valence-corrected chi connectivity index (χ3v) is 6.17. The van der Waals surface area contributed by atoms with Gasteiger partial charge < -0.3 is 29.3 Å². The van der Waals surface area contributed by atoms with Gasteiger partial charge in [-0.2, -0.15) is 0 Å². The van der Waals surface area contributed by atoms with Gasteiger partial charge in [-0.25, -0.2) is 9.18 Å². The van der Waals surface area contributed by atoms with Crippen molar-refractivity contribution in [2.45, 2.75) is 71.2 Å². The number of anilines is 1. The Balaban J connectivity index is 2.11. The molecule has 1 saturated heterocycles. The summed E-state index contributed by atoms with van der Waals surface area (Å²) >= 11 is 0. The second kappa shape index (κ2) is 10.5. The number of phenolic OH excluding ortho intramolecular Hbond substituents is 1. The number of rotatable bonds is 2. The number of aromatic hydroxyl groups is 1. The normalized spacial score (nSPS) is 31.2. The average Bonchev–Trinajstić information content (AvgIpc) is 3.06. The van der Waals surface area contributed by atoms with Crippen molar-refractivity contribution in [2.75, 3.05) is 11.4 Å². The Labute approximate surface area is 205 Å². The van der Waals surface area contributed by atoms with Gasteiger partial charge in [-0.1, -0.05) is 19.1 Å². The van der Waals surface area contributed by atoms with Crippen LogP contribution in [0.1, 0.15) is 57.0 Å². The first kappa shape index (κ1) is 26.9. The van der Waals surface area contributed by atoms with Gasteiger partial charge in [-0.15, -0.1) is 0 Å². The fourth-order valence-corrected chi connectivity index (χ4v) is 4.23. The van der Waals surface area contributed by atoms with E-state index < -0.39 is 59.5 Å². The largest absolute Gasteiger partial charge is 0.507 e. The Morgan fingerprint density at radius 3 is 2.60 bits per heavy atom. The lowest BCUT2D eigenvalue weighted by molar-refractivity contribution is -0.153. The SMILES string of the molecule is [B]C(=O)N(CC)c1cc(O)c2c(c1)/C=C/C[C@@H]1OC(C)(C)O[C@@H]1[C@H](O)/C(F)=C\[C@@H](C)[C@H](C)OC2=O. The number of carbonyl (C=O) groups is 2. The molecule has 0 spiro atoms. The van der Waals surface area contributed by atoms with Gasteiger partial charge in [0.25, 0.3) is 0 Å². The molecule has 2 N–H and O–H groups in total. The van der Waals surface area contributed by atoms with Crippen LogP contribution in [0.5, 0.6) is 5.75 Å². The van der Waals surface area contributed by atoms with Crippen molar-refractivity contribution in [1.29, 1.82) is 0 Å². The summed E-state index contributed by atoms with van der Waals surface area (Å²) < 4.78 is 32.1. The van der Waals surface area contributed by atoms with Crippen LogP contribution < -0.4 is 4.90 Å². The number of halogens is 1. The van der Waals surface area contributed by atoms with E-state index in [9.17, 15) is 24.2 Å². The van der Waals surface area contributed by atoms with E-state index in [1.807, 2.05) is 0 Å². The van der Waals surface area contributed by atoms with Crippen LogP contribution in [0, 0.1) is 5.92 Å². The van der Waals surface area contributed by atoms with Gasteiger partial charge in [0.15, 0.2) is 11.6 Å². The number of aliphatic hydroxyl groups is 1. The Kier molecular flexibility index (Phi) is 8.09. The highest BCUT2D eigenvalue weighted by Gasteiger charge is 2.45. The van der Waals surface area contributed by atoms with E-state index in [1.54, 1.807) is 52.8 Å². The van der Waals surface area contributed by atoms with Crippen LogP contribution in [-0.2, 0) is 14.2 Å². The zero-order valence-corrected chi connectivity index (χ0v) is 20.5. The zero-order valence-electron chi connectivity index (χ0n) is 20.5. The van der Waals surface area contributed by atoms with Crippen LogP contribution in [0.4, 0.5) is 14.9 Å². The number of fused-ring (bicyclic) bond motifs is 2. The minimum Gasteiger partial charge on any atom is -0.507 e. The van der Waals surface area contributed by atoms with Crippen molar-refractivity contribution < 1.29 is 38.4 Å². The monoisotopic (exact) mass is 487 g/mol. The van der Waals surface area contributed by atoms with Gasteiger partial charge in [0, 0.05) is 24.2 Å². The molecule has 0 aliphatic carbocycles. The fraction of sp³-hybridized carbons (Fsp3) is 0.520. The number of hydrogen-bond donors (Lipinski definition) is 2. The molecule has 35 heavy (non-hydrogen) atoms. The first-order valence-corrected chi connectivity index (χ1v) is 11.6. The third-order valence-electron chi connectivity index (χ3n) is 6.17. The fourth-order valence-electron chi connectivity index (χ4n) is 4.23. The highest BCUT2D eigenvalue weighted by atomic mass is 19.1. The van der Waals surface area contributed by atoms with Crippen molar-refractivity contribution >= 4 is 31.4 Å². The lowest BCUT2D eigenvalue weighted by Gasteiger charge is -2.24. The number of aliphatic hydroxyl groups excluding tert-OH is 1. The minimum atomic E-state index is -1.57. The Bertz CT molecular complexity index is 1040. The van der Waals surface area contributed by atoms with E-state index in [1.165, 1.54) is 17.0 Å². The number of cyclic esters (lactones) is 1. The number of phenols is 1. The molecular formula is C25H31BFNO7. The second-order valence-electron chi connectivity index (χ2n) is 9.25. The predicted octanol–water partition coefficient (Wildman–Crippen LogP) is 3.84. The standard InChI is InChI=1S/C25H31BFNO7/c1-6-28(24(26)32)16-11-15-8-7-9-19-22(35-25(4,5)34-19)21(30)17(27)10-13(2)14(3)33-23(31)20(15)18(29)12-16/h7-8,10-14,19,21-22,29-30H,6,9H2,1-5H3/b8-7+,17-10+/t13-,14+,19+,21-,22+/m1/s1. The summed E-state index contributed by atoms with van der Waals surface area (Å²) in [6.45, 7) is 8.53. The maximum Gasteiger partial charge on any atom is 0.342 e. The number of carbonyl (C=O) groups excluding carboxylic acids is 2. The molecule has 2 aliphatic rings. The van der Waals surface area contributed by atoms with E-state index in [4.69, 9.17) is 22.1 Å². The molecule has 188 valence electrons. The van der Waals surface area contributed by atoms with Crippen molar-refractivity contribution in [3.8, 4) is 5.75 Å². The Morgan fingerprint density at radius 2 is 1.97 bits per heavy atom. The molecule has 5 atom stereocenters. The smallest absolute Gasteiger partial charge is 0.342 e. The molecule has 2 aliphatic heterocycles. The van der Waals surface area contributed by atoms with E-state index in [0.717, 1.165) is 0 Å². The van der Waals surface area contributed by atoms with Crippen LogP contribution in [0.15, 0.2) is 30.1 Å². The summed E-state index contributed by atoms with van der Waals surface area (Å²) in [6.07, 6.45) is 0.608. The van der Waals surface area contributed by atoms with Gasteiger partial charge in [0.05, 0.1) is 6.10 Å². The first-order chi connectivity index (χ1) is 16.3. The molecule has 0 unspecified atom stereocenters. The summed E-state index contributed by atoms with van der Waals surface area (Å²) in [4.78, 5) is 26.1. The molecule has 2 radical (unpaired) electrons. The number of esters is 1. The molecule has 3 rings (SSSR count). The lowest BCUT2D eigenvalue weighted by atomic mass is 9.97. The predicted molar refractivity (Wildman–Crippen MR) is 129 cm³/mol. The number of hydrogen-bond acceptors (Lipinski definition) is 7. The molecule has 1 aromatic rings. The highest BCUT2D eigenvalue weighted by Crippen LogP contribution is 2.36.